The van der Waals surface area contributed by atoms with Gasteiger partial charge in [-0.05, 0) is 31.2 Å². The quantitative estimate of drug-likeness (QED) is 0.773. The number of nitrogens with zero attached hydrogens (tertiary/aromatic N) is 4. The monoisotopic (exact) mass is 328 g/mol. The highest BCUT2D eigenvalue weighted by Gasteiger charge is 2.33. The molecule has 3 heterocycles. The Morgan fingerprint density at radius 1 is 1.26 bits per heavy atom. The van der Waals surface area contributed by atoms with Gasteiger partial charge in [-0.25, -0.2) is 9.97 Å². The number of anilines is 1. The number of H-pyrrole nitrogens is 1. The highest BCUT2D eigenvalue weighted by molar-refractivity contribution is 6.30. The van der Waals surface area contributed by atoms with Gasteiger partial charge in [-0.15, -0.1) is 0 Å². The molecule has 6 nitrogen and oxygen atoms in total. The van der Waals surface area contributed by atoms with Crippen molar-refractivity contribution in [2.75, 3.05) is 18.9 Å². The lowest BCUT2D eigenvalue weighted by molar-refractivity contribution is 0.309. The molecule has 0 spiro atoms. The zero-order valence-corrected chi connectivity index (χ0v) is 13.5. The first kappa shape index (κ1) is 14.4. The van der Waals surface area contributed by atoms with E-state index in [0.717, 1.165) is 34.8 Å². The van der Waals surface area contributed by atoms with Crippen LogP contribution in [0.25, 0.3) is 11.0 Å². The molecule has 2 aromatic heterocycles. The van der Waals surface area contributed by atoms with Crippen LogP contribution in [-0.4, -0.2) is 44.7 Å². The van der Waals surface area contributed by atoms with Crippen LogP contribution in [0.4, 0.5) is 5.82 Å². The molecule has 2 atom stereocenters. The van der Waals surface area contributed by atoms with Crippen LogP contribution in [-0.2, 0) is 0 Å². The average molecular weight is 329 g/mol. The van der Waals surface area contributed by atoms with Gasteiger partial charge in [0.1, 0.15) is 12.1 Å². The second-order valence-electron chi connectivity index (χ2n) is 5.87. The lowest BCUT2D eigenvalue weighted by atomic mass is 10.00. The smallest absolute Gasteiger partial charge is 0.160 e. The molecule has 2 N–H and O–H groups in total. The van der Waals surface area contributed by atoms with Gasteiger partial charge in [-0.2, -0.15) is 5.10 Å². The summed E-state index contributed by atoms with van der Waals surface area (Å²) in [5.74, 6) is 0.822. The highest BCUT2D eigenvalue weighted by Crippen LogP contribution is 2.34. The second kappa shape index (κ2) is 5.79. The van der Waals surface area contributed by atoms with E-state index in [1.807, 2.05) is 12.1 Å². The van der Waals surface area contributed by atoms with Crippen LogP contribution in [0, 0.1) is 0 Å². The van der Waals surface area contributed by atoms with Gasteiger partial charge in [0.25, 0.3) is 0 Å². The lowest BCUT2D eigenvalue weighted by Crippen LogP contribution is -2.29. The Labute approximate surface area is 138 Å². The minimum Gasteiger partial charge on any atom is -0.365 e. The van der Waals surface area contributed by atoms with Crippen molar-refractivity contribution >= 4 is 28.5 Å². The fourth-order valence-corrected chi connectivity index (χ4v) is 3.43. The molecular weight excluding hydrogens is 312 g/mol. The van der Waals surface area contributed by atoms with Gasteiger partial charge in [-0.3, -0.25) is 10.00 Å². The molecule has 0 radical (unpaired) electrons. The summed E-state index contributed by atoms with van der Waals surface area (Å²) in [6.45, 7) is 1.03. The van der Waals surface area contributed by atoms with Crippen molar-refractivity contribution in [3.05, 3.63) is 47.4 Å². The summed E-state index contributed by atoms with van der Waals surface area (Å²) in [6, 6.07) is 8.63. The van der Waals surface area contributed by atoms with E-state index in [9.17, 15) is 0 Å². The third-order valence-corrected chi connectivity index (χ3v) is 4.68. The van der Waals surface area contributed by atoms with Gasteiger partial charge in [0, 0.05) is 17.6 Å². The predicted octanol–water partition coefficient (Wildman–Crippen LogP) is 2.86. The van der Waals surface area contributed by atoms with Crippen molar-refractivity contribution in [3.63, 3.8) is 0 Å². The maximum Gasteiger partial charge on any atom is 0.160 e. The SMILES string of the molecule is CN1CCC(Nc2ncnc3[nH]ncc23)C1c1ccc(Cl)cc1. The number of likely N-dealkylation sites (N-methyl/N-ethyl adjacent to an activating group) is 1. The molecule has 4 rings (SSSR count). The number of halogens is 1. The van der Waals surface area contributed by atoms with E-state index in [1.54, 1.807) is 12.5 Å². The summed E-state index contributed by atoms with van der Waals surface area (Å²) in [5.41, 5.74) is 2.00. The largest absolute Gasteiger partial charge is 0.365 e. The van der Waals surface area contributed by atoms with E-state index in [-0.39, 0.29) is 12.1 Å². The number of nitrogens with one attached hydrogen (secondary N) is 2. The van der Waals surface area contributed by atoms with Crippen molar-refractivity contribution in [3.8, 4) is 0 Å². The van der Waals surface area contributed by atoms with Gasteiger partial charge >= 0.3 is 0 Å². The molecule has 3 aromatic rings. The van der Waals surface area contributed by atoms with Crippen LogP contribution in [0.3, 0.4) is 0 Å². The van der Waals surface area contributed by atoms with Crippen LogP contribution in [0.1, 0.15) is 18.0 Å². The van der Waals surface area contributed by atoms with Crippen LogP contribution < -0.4 is 5.32 Å². The van der Waals surface area contributed by atoms with Crippen molar-refractivity contribution in [2.45, 2.75) is 18.5 Å². The maximum atomic E-state index is 6.02. The highest BCUT2D eigenvalue weighted by atomic mass is 35.5. The Bertz CT molecular complexity index is 815. The van der Waals surface area contributed by atoms with E-state index in [1.165, 1.54) is 5.56 Å². The first-order chi connectivity index (χ1) is 11.2. The van der Waals surface area contributed by atoms with Gasteiger partial charge in [-0.1, -0.05) is 23.7 Å². The molecule has 1 saturated heterocycles. The fraction of sp³-hybridized carbons (Fsp3) is 0.312. The van der Waals surface area contributed by atoms with E-state index >= 15 is 0 Å². The third-order valence-electron chi connectivity index (χ3n) is 4.43. The number of likely N-dealkylation sites (tertiary alicyclic amines) is 1. The fourth-order valence-electron chi connectivity index (χ4n) is 3.30. The minimum absolute atomic E-state index is 0.272. The minimum atomic E-state index is 0.272. The Kier molecular flexibility index (Phi) is 3.63. The lowest BCUT2D eigenvalue weighted by Gasteiger charge is -2.26. The van der Waals surface area contributed by atoms with Crippen molar-refractivity contribution in [2.24, 2.45) is 0 Å². The molecule has 1 aliphatic rings. The van der Waals surface area contributed by atoms with Gasteiger partial charge < -0.3 is 5.32 Å². The Morgan fingerprint density at radius 3 is 2.91 bits per heavy atom. The summed E-state index contributed by atoms with van der Waals surface area (Å²) >= 11 is 6.02. The zero-order valence-electron chi connectivity index (χ0n) is 12.7. The normalized spacial score (nSPS) is 21.8. The molecule has 23 heavy (non-hydrogen) atoms. The summed E-state index contributed by atoms with van der Waals surface area (Å²) < 4.78 is 0. The second-order valence-corrected chi connectivity index (χ2v) is 6.31. The molecule has 1 aliphatic heterocycles. The number of rotatable bonds is 3. The van der Waals surface area contributed by atoms with Crippen molar-refractivity contribution in [1.29, 1.82) is 0 Å². The average Bonchev–Trinajstić information content (AvgIpc) is 3.16. The molecule has 2 unspecified atom stereocenters. The summed E-state index contributed by atoms with van der Waals surface area (Å²) in [4.78, 5) is 10.9. The third kappa shape index (κ3) is 2.64. The van der Waals surface area contributed by atoms with E-state index in [0.29, 0.717) is 0 Å². The Hall–Kier alpha value is -2.18. The van der Waals surface area contributed by atoms with E-state index in [2.05, 4.69) is 49.6 Å². The maximum absolute atomic E-state index is 6.02. The first-order valence-electron chi connectivity index (χ1n) is 7.59. The van der Waals surface area contributed by atoms with Gasteiger partial charge in [0.15, 0.2) is 5.65 Å². The summed E-state index contributed by atoms with van der Waals surface area (Å²) in [7, 11) is 2.15. The van der Waals surface area contributed by atoms with Crippen molar-refractivity contribution in [1.82, 2.24) is 25.1 Å². The van der Waals surface area contributed by atoms with Crippen LogP contribution in [0.5, 0.6) is 0 Å². The summed E-state index contributed by atoms with van der Waals surface area (Å²) in [5, 5.41) is 12.2. The summed E-state index contributed by atoms with van der Waals surface area (Å²) in [6.07, 6.45) is 4.36. The molecule has 1 aromatic carbocycles. The number of fused-ring (bicyclic) bond motifs is 1. The number of aromatic amines is 1. The standard InChI is InChI=1S/C16H17ClN6/c1-23-7-6-13(14(23)10-2-4-11(17)5-3-10)21-15-12-8-20-22-16(12)19-9-18-15/h2-5,8-9,13-14H,6-7H2,1H3,(H2,18,19,20,21,22). The molecule has 0 bridgehead atoms. The Morgan fingerprint density at radius 2 is 2.09 bits per heavy atom. The van der Waals surface area contributed by atoms with Crippen LogP contribution in [0.15, 0.2) is 36.8 Å². The predicted molar refractivity (Wildman–Crippen MR) is 90.5 cm³/mol. The number of hydrogen-bond donors (Lipinski definition) is 2. The van der Waals surface area contributed by atoms with Crippen LogP contribution in [0.2, 0.25) is 5.02 Å². The number of aromatic nitrogens is 4. The molecule has 0 saturated carbocycles. The Balaban J connectivity index is 1.65. The molecule has 0 amide bonds. The molecule has 0 aliphatic carbocycles. The molecule has 118 valence electrons. The van der Waals surface area contributed by atoms with Crippen LogP contribution >= 0.6 is 11.6 Å². The van der Waals surface area contributed by atoms with Gasteiger partial charge in [0.05, 0.1) is 17.6 Å². The molecular formula is C16H17ClN6. The molecule has 1 fully saturated rings. The van der Waals surface area contributed by atoms with Crippen molar-refractivity contribution < 1.29 is 0 Å². The van der Waals surface area contributed by atoms with Gasteiger partial charge in [0.2, 0.25) is 0 Å². The first-order valence-corrected chi connectivity index (χ1v) is 7.96. The van der Waals surface area contributed by atoms with E-state index in [4.69, 9.17) is 11.6 Å². The molecule has 7 heteroatoms. The zero-order chi connectivity index (χ0) is 15.8. The van der Waals surface area contributed by atoms with E-state index < -0.39 is 0 Å². The topological polar surface area (TPSA) is 69.7 Å². The number of benzene rings is 1. The number of hydrogen-bond acceptors (Lipinski definition) is 5.